The Labute approximate surface area is 169 Å². The molecule has 0 saturated heterocycles. The molecule has 1 N–H and O–H groups in total. The Morgan fingerprint density at radius 3 is 2.41 bits per heavy atom. The number of hydrogen-bond acceptors (Lipinski definition) is 3. The minimum Gasteiger partial charge on any atom is -0.449 e. The van der Waals surface area contributed by atoms with Crippen molar-refractivity contribution in [3.05, 3.63) is 101 Å². The van der Waals surface area contributed by atoms with Crippen LogP contribution in [-0.2, 0) is 11.3 Å². The summed E-state index contributed by atoms with van der Waals surface area (Å²) >= 11 is 0. The highest BCUT2D eigenvalue weighted by molar-refractivity contribution is 6.09. The Morgan fingerprint density at radius 1 is 0.966 bits per heavy atom. The van der Waals surface area contributed by atoms with E-state index in [1.807, 2.05) is 54.6 Å². The maximum atomic E-state index is 12.6. The van der Waals surface area contributed by atoms with Gasteiger partial charge in [-0.25, -0.2) is 0 Å². The van der Waals surface area contributed by atoms with Crippen LogP contribution in [0.5, 0.6) is 5.75 Å². The van der Waals surface area contributed by atoms with Crippen LogP contribution < -0.4 is 15.0 Å². The first-order chi connectivity index (χ1) is 14.1. The second-order valence-electron chi connectivity index (χ2n) is 6.73. The molecule has 0 fully saturated rings. The summed E-state index contributed by atoms with van der Waals surface area (Å²) in [5.74, 6) is 0.519. The number of hydrogen-bond donors (Lipinski definition) is 1. The first kappa shape index (κ1) is 18.5. The van der Waals surface area contributed by atoms with Gasteiger partial charge in [0, 0.05) is 19.2 Å². The smallest absolute Gasteiger partial charge is 0.293 e. The van der Waals surface area contributed by atoms with Crippen LogP contribution in [0.4, 0.5) is 5.69 Å². The molecule has 0 aliphatic carbocycles. The lowest BCUT2D eigenvalue weighted by Gasteiger charge is -2.27. The minimum atomic E-state index is -0.214. The van der Waals surface area contributed by atoms with E-state index in [1.54, 1.807) is 42.3 Å². The fourth-order valence-corrected chi connectivity index (χ4v) is 3.11. The van der Waals surface area contributed by atoms with E-state index in [-0.39, 0.29) is 17.6 Å². The minimum absolute atomic E-state index is 0.147. The van der Waals surface area contributed by atoms with Crippen molar-refractivity contribution in [3.63, 3.8) is 0 Å². The molecule has 144 valence electrons. The van der Waals surface area contributed by atoms with Crippen molar-refractivity contribution in [2.45, 2.75) is 6.54 Å². The van der Waals surface area contributed by atoms with Gasteiger partial charge in [0.15, 0.2) is 11.5 Å². The van der Waals surface area contributed by atoms with Crippen LogP contribution in [0.3, 0.4) is 0 Å². The molecule has 0 aromatic heterocycles. The number of carbonyl (C=O) groups is 2. The number of likely N-dealkylation sites (N-methyl/N-ethyl adjacent to an activating group) is 1. The van der Waals surface area contributed by atoms with Crippen LogP contribution in [0.1, 0.15) is 21.5 Å². The molecule has 5 nitrogen and oxygen atoms in total. The van der Waals surface area contributed by atoms with Gasteiger partial charge in [0.25, 0.3) is 11.8 Å². The fourth-order valence-electron chi connectivity index (χ4n) is 3.11. The molecule has 0 spiro atoms. The van der Waals surface area contributed by atoms with E-state index in [2.05, 4.69) is 5.32 Å². The molecule has 0 bridgehead atoms. The van der Waals surface area contributed by atoms with E-state index in [1.165, 1.54) is 0 Å². The van der Waals surface area contributed by atoms with Gasteiger partial charge in [-0.05, 0) is 41.5 Å². The predicted octanol–water partition coefficient (Wildman–Crippen LogP) is 4.01. The van der Waals surface area contributed by atoms with Crippen molar-refractivity contribution in [2.75, 3.05) is 11.9 Å². The number of rotatable bonds is 4. The first-order valence-corrected chi connectivity index (χ1v) is 9.30. The van der Waals surface area contributed by atoms with E-state index in [0.29, 0.717) is 17.9 Å². The summed E-state index contributed by atoms with van der Waals surface area (Å²) in [6, 6.07) is 24.2. The molecule has 5 heteroatoms. The third-order valence-corrected chi connectivity index (χ3v) is 4.73. The standard InChI is InChI=1S/C24H20N2O3/c1-26-20-9-5-6-10-21(20)29-22(24(26)28)15-17-11-13-19(14-12-17)23(27)25-16-18-7-3-2-4-8-18/h2-15H,16H2,1H3,(H,25,27)/b22-15-. The third kappa shape index (κ3) is 4.04. The van der Waals surface area contributed by atoms with E-state index < -0.39 is 0 Å². The zero-order valence-electron chi connectivity index (χ0n) is 16.0. The van der Waals surface area contributed by atoms with E-state index in [0.717, 1.165) is 16.8 Å². The molecule has 1 aliphatic rings. The topological polar surface area (TPSA) is 58.6 Å². The van der Waals surface area contributed by atoms with E-state index in [4.69, 9.17) is 4.74 Å². The molecule has 4 rings (SSSR count). The first-order valence-electron chi connectivity index (χ1n) is 9.30. The second kappa shape index (κ2) is 8.02. The highest BCUT2D eigenvalue weighted by Gasteiger charge is 2.27. The number of amides is 2. The molecular formula is C24H20N2O3. The van der Waals surface area contributed by atoms with Crippen molar-refractivity contribution in [1.82, 2.24) is 5.32 Å². The van der Waals surface area contributed by atoms with Crippen molar-refractivity contribution in [1.29, 1.82) is 0 Å². The summed E-state index contributed by atoms with van der Waals surface area (Å²) < 4.78 is 5.77. The van der Waals surface area contributed by atoms with Gasteiger partial charge < -0.3 is 15.0 Å². The van der Waals surface area contributed by atoms with Crippen LogP contribution in [0.2, 0.25) is 0 Å². The fraction of sp³-hybridized carbons (Fsp3) is 0.0833. The molecule has 3 aromatic rings. The number of anilines is 1. The van der Waals surface area contributed by atoms with Crippen molar-refractivity contribution in [3.8, 4) is 5.75 Å². The number of nitrogens with one attached hydrogen (secondary N) is 1. The molecule has 0 atom stereocenters. The van der Waals surface area contributed by atoms with Crippen LogP contribution in [0.15, 0.2) is 84.6 Å². The molecule has 3 aromatic carbocycles. The van der Waals surface area contributed by atoms with Crippen molar-refractivity contribution in [2.24, 2.45) is 0 Å². The van der Waals surface area contributed by atoms with Gasteiger partial charge in [-0.15, -0.1) is 0 Å². The largest absolute Gasteiger partial charge is 0.449 e. The Balaban J connectivity index is 1.47. The summed E-state index contributed by atoms with van der Waals surface area (Å²) in [5, 5.41) is 2.90. The second-order valence-corrected chi connectivity index (χ2v) is 6.73. The molecular weight excluding hydrogens is 364 g/mol. The number of para-hydroxylation sites is 2. The monoisotopic (exact) mass is 384 g/mol. The van der Waals surface area contributed by atoms with Crippen molar-refractivity contribution < 1.29 is 14.3 Å². The number of ether oxygens (including phenoxy) is 1. The molecule has 1 aliphatic heterocycles. The molecule has 0 unspecified atom stereocenters. The number of fused-ring (bicyclic) bond motifs is 1. The quantitative estimate of drug-likeness (QED) is 0.692. The van der Waals surface area contributed by atoms with E-state index >= 15 is 0 Å². The third-order valence-electron chi connectivity index (χ3n) is 4.73. The Bertz CT molecular complexity index is 1070. The molecule has 0 saturated carbocycles. The normalized spacial score (nSPS) is 14.3. The summed E-state index contributed by atoms with van der Waals surface area (Å²) in [6.45, 7) is 0.472. The van der Waals surface area contributed by atoms with Gasteiger partial charge in [-0.2, -0.15) is 0 Å². The highest BCUT2D eigenvalue weighted by atomic mass is 16.5. The van der Waals surface area contributed by atoms with Crippen LogP contribution in [0.25, 0.3) is 6.08 Å². The van der Waals surface area contributed by atoms with Gasteiger partial charge in [-0.3, -0.25) is 9.59 Å². The number of benzene rings is 3. The molecule has 29 heavy (non-hydrogen) atoms. The van der Waals surface area contributed by atoms with Crippen molar-refractivity contribution >= 4 is 23.6 Å². The highest BCUT2D eigenvalue weighted by Crippen LogP contribution is 2.34. The zero-order chi connectivity index (χ0) is 20.2. The Kier molecular flexibility index (Phi) is 5.12. The number of carbonyl (C=O) groups excluding carboxylic acids is 2. The lowest BCUT2D eigenvalue weighted by Crippen LogP contribution is -2.33. The predicted molar refractivity (Wildman–Crippen MR) is 113 cm³/mol. The summed E-state index contributed by atoms with van der Waals surface area (Å²) in [6.07, 6.45) is 1.68. The summed E-state index contributed by atoms with van der Waals surface area (Å²) in [5.41, 5.74) is 3.11. The number of nitrogens with zero attached hydrogens (tertiary/aromatic N) is 1. The molecule has 0 radical (unpaired) electrons. The van der Waals surface area contributed by atoms with Crippen LogP contribution in [0, 0.1) is 0 Å². The summed E-state index contributed by atoms with van der Waals surface area (Å²) in [7, 11) is 1.72. The van der Waals surface area contributed by atoms with Gasteiger partial charge in [0.05, 0.1) is 5.69 Å². The average molecular weight is 384 g/mol. The van der Waals surface area contributed by atoms with E-state index in [9.17, 15) is 9.59 Å². The Morgan fingerprint density at radius 2 is 1.66 bits per heavy atom. The molecule has 1 heterocycles. The van der Waals surface area contributed by atoms with Gasteiger partial charge in [-0.1, -0.05) is 54.6 Å². The maximum absolute atomic E-state index is 12.6. The lowest BCUT2D eigenvalue weighted by atomic mass is 10.1. The molecule has 2 amide bonds. The van der Waals surface area contributed by atoms with Crippen LogP contribution in [-0.4, -0.2) is 18.9 Å². The van der Waals surface area contributed by atoms with Crippen LogP contribution >= 0.6 is 0 Å². The van der Waals surface area contributed by atoms with Gasteiger partial charge >= 0.3 is 0 Å². The maximum Gasteiger partial charge on any atom is 0.293 e. The van der Waals surface area contributed by atoms with Gasteiger partial charge in [0.2, 0.25) is 0 Å². The average Bonchev–Trinajstić information content (AvgIpc) is 2.77. The van der Waals surface area contributed by atoms with Gasteiger partial charge in [0.1, 0.15) is 0 Å². The zero-order valence-corrected chi connectivity index (χ0v) is 16.0. The SMILES string of the molecule is CN1C(=O)/C(=C/c2ccc(C(=O)NCc3ccccc3)cc2)Oc2ccccc21. The lowest BCUT2D eigenvalue weighted by molar-refractivity contribution is -0.117. The Hall–Kier alpha value is -3.86. The summed E-state index contributed by atoms with van der Waals surface area (Å²) in [4.78, 5) is 26.5.